The molecule has 8 rings (SSSR count). The van der Waals surface area contributed by atoms with Crippen molar-refractivity contribution in [3.8, 4) is 16.3 Å². The van der Waals surface area contributed by atoms with Crippen molar-refractivity contribution in [2.75, 3.05) is 56.0 Å². The molecule has 0 saturated carbocycles. The zero-order valence-electron chi connectivity index (χ0n) is 38.8. The van der Waals surface area contributed by atoms with Crippen LogP contribution >= 0.6 is 22.7 Å². The van der Waals surface area contributed by atoms with Gasteiger partial charge in [-0.3, -0.25) is 24.7 Å². The predicted molar refractivity (Wildman–Crippen MR) is 273 cm³/mol. The molecule has 4 aromatic carbocycles. The summed E-state index contributed by atoms with van der Waals surface area (Å²) in [5.74, 6) is -0.718. The van der Waals surface area contributed by atoms with Gasteiger partial charge in [-0.05, 0) is 78.6 Å². The van der Waals surface area contributed by atoms with Crippen molar-refractivity contribution in [2.45, 2.75) is 32.9 Å². The summed E-state index contributed by atoms with van der Waals surface area (Å²) in [5.41, 5.74) is 7.58. The van der Waals surface area contributed by atoms with Gasteiger partial charge in [0.15, 0.2) is 10.3 Å². The first-order valence-corrected chi connectivity index (χ1v) is 24.2. The lowest BCUT2D eigenvalue weighted by Gasteiger charge is -2.28. The Hall–Kier alpha value is -7.57. The molecule has 3 amide bonds. The number of amides is 3. The van der Waals surface area contributed by atoms with Gasteiger partial charge < -0.3 is 34.5 Å². The highest BCUT2D eigenvalue weighted by atomic mass is 32.1. The number of aromatic nitrogens is 2. The fourth-order valence-electron chi connectivity index (χ4n) is 7.54. The molecule has 2 aromatic heterocycles. The first kappa shape index (κ1) is 48.9. The lowest BCUT2D eigenvalue weighted by atomic mass is 9.90. The summed E-state index contributed by atoms with van der Waals surface area (Å²) >= 11 is 2.82. The van der Waals surface area contributed by atoms with E-state index < -0.39 is 12.0 Å². The van der Waals surface area contributed by atoms with E-state index >= 15 is 0 Å². The van der Waals surface area contributed by atoms with Crippen molar-refractivity contribution in [1.29, 1.82) is 0 Å². The highest BCUT2D eigenvalue weighted by molar-refractivity contribution is 7.20. The number of hydrogen-bond donors (Lipinski definition) is 3. The standard InChI is InChI=1S/C53H51N7O8S2/c1-34-18-23-45(43(28-34)57-52-58-44(33-69-52)49-35(2)55-53(70-49)59-50(63)38-14-8-5-9-15-38)67-27-26-65-24-25-66-32-47(62)68-31-36-19-21-40(22-20-36)56-51(64)48(37-12-6-4-7-13-37)60(3)46(61)29-39-30-54-42-17-11-10-16-41(39)42/h4-23,28,30,33,41,48H,24-27,29,31-32H2,1-3H3,(H,56,64)(H,57,58)(H,55,59,63). The first-order valence-electron chi connectivity index (χ1n) is 22.5. The summed E-state index contributed by atoms with van der Waals surface area (Å²) in [7, 11) is 1.64. The molecule has 2 unspecified atom stereocenters. The van der Waals surface area contributed by atoms with Crippen LogP contribution in [0.25, 0.3) is 10.6 Å². The van der Waals surface area contributed by atoms with Crippen LogP contribution in [0.4, 0.5) is 21.6 Å². The highest BCUT2D eigenvalue weighted by Gasteiger charge is 2.31. The summed E-state index contributed by atoms with van der Waals surface area (Å²) in [6.07, 6.45) is 9.70. The SMILES string of the molecule is Cc1ccc(OCCOCCOCC(=O)OCc2ccc(NC(=O)C(c3ccccc3)N(C)C(=O)CC3=CN=C4C=CC=CC34)cc2)c(Nc2nc(-c3sc(NC(=O)c4ccccc4)nc3C)cs2)c1. The van der Waals surface area contributed by atoms with Crippen LogP contribution < -0.4 is 20.7 Å². The zero-order valence-corrected chi connectivity index (χ0v) is 40.4. The van der Waals surface area contributed by atoms with Crippen molar-refractivity contribution < 1.29 is 38.1 Å². The van der Waals surface area contributed by atoms with Crippen molar-refractivity contribution in [1.82, 2.24) is 14.9 Å². The number of rotatable bonds is 22. The number of esters is 1. The number of benzene rings is 4. The molecule has 0 bridgehead atoms. The van der Waals surface area contributed by atoms with Crippen LogP contribution in [0.15, 0.2) is 150 Å². The monoisotopic (exact) mass is 977 g/mol. The predicted octanol–water partition coefficient (Wildman–Crippen LogP) is 9.64. The van der Waals surface area contributed by atoms with Gasteiger partial charge in [-0.15, -0.1) is 11.3 Å². The molecular formula is C53H51N7O8S2. The van der Waals surface area contributed by atoms with Crippen molar-refractivity contribution in [3.05, 3.63) is 173 Å². The molecule has 2 atom stereocenters. The maximum absolute atomic E-state index is 13.8. The molecule has 358 valence electrons. The van der Waals surface area contributed by atoms with Gasteiger partial charge in [-0.25, -0.2) is 14.8 Å². The van der Waals surface area contributed by atoms with E-state index in [0.29, 0.717) is 39.4 Å². The van der Waals surface area contributed by atoms with E-state index in [-0.39, 0.29) is 63.1 Å². The largest absolute Gasteiger partial charge is 0.489 e. The van der Waals surface area contributed by atoms with E-state index in [1.54, 1.807) is 49.6 Å². The Kier molecular flexibility index (Phi) is 16.5. The molecular weight excluding hydrogens is 927 g/mol. The number of aliphatic imine (C=N–C) groups is 1. The third kappa shape index (κ3) is 12.9. The fourth-order valence-corrected chi connectivity index (χ4v) is 9.25. The maximum Gasteiger partial charge on any atom is 0.332 e. The van der Waals surface area contributed by atoms with Crippen molar-refractivity contribution in [2.24, 2.45) is 10.9 Å². The second-order valence-corrected chi connectivity index (χ2v) is 18.1. The molecule has 0 saturated heterocycles. The topological polar surface area (TPSA) is 183 Å². The Labute approximate surface area is 413 Å². The lowest BCUT2D eigenvalue weighted by Crippen LogP contribution is -2.39. The molecule has 3 N–H and O–H groups in total. The summed E-state index contributed by atoms with van der Waals surface area (Å²) in [6.45, 7) is 4.66. The minimum Gasteiger partial charge on any atom is -0.489 e. The van der Waals surface area contributed by atoms with Gasteiger partial charge in [0.25, 0.3) is 11.8 Å². The minimum atomic E-state index is -0.877. The number of anilines is 4. The van der Waals surface area contributed by atoms with Crippen LogP contribution in [0.5, 0.6) is 5.75 Å². The number of nitrogens with zero attached hydrogens (tertiary/aromatic N) is 4. The molecule has 0 radical (unpaired) electrons. The Bertz CT molecular complexity index is 2930. The van der Waals surface area contributed by atoms with Gasteiger partial charge in [0.1, 0.15) is 31.6 Å². The Morgan fingerprint density at radius 3 is 2.37 bits per heavy atom. The van der Waals surface area contributed by atoms with Crippen LogP contribution in [0.3, 0.4) is 0 Å². The third-order valence-corrected chi connectivity index (χ3v) is 13.0. The van der Waals surface area contributed by atoms with E-state index in [9.17, 15) is 19.2 Å². The zero-order chi connectivity index (χ0) is 48.8. The van der Waals surface area contributed by atoms with Gasteiger partial charge in [0.05, 0.1) is 53.9 Å². The Morgan fingerprint density at radius 2 is 1.57 bits per heavy atom. The minimum absolute atomic E-state index is 0.0179. The number of carbonyl (C=O) groups excluding carboxylic acids is 4. The second kappa shape index (κ2) is 23.6. The number of nitrogens with one attached hydrogen (secondary N) is 3. The fraction of sp³-hybridized carbons (Fsp3) is 0.226. The van der Waals surface area contributed by atoms with Crippen LogP contribution in [-0.4, -0.2) is 84.4 Å². The molecule has 2 aliphatic rings. The van der Waals surface area contributed by atoms with E-state index in [4.69, 9.17) is 23.9 Å². The van der Waals surface area contributed by atoms with Crippen LogP contribution in [0.1, 0.15) is 45.2 Å². The van der Waals surface area contributed by atoms with Crippen molar-refractivity contribution in [3.63, 3.8) is 0 Å². The molecule has 17 heteroatoms. The molecule has 0 fully saturated rings. The number of fused-ring (bicyclic) bond motifs is 1. The van der Waals surface area contributed by atoms with Gasteiger partial charge in [0.2, 0.25) is 5.91 Å². The summed E-state index contributed by atoms with van der Waals surface area (Å²) in [4.78, 5) is 68.6. The molecule has 0 spiro atoms. The number of allylic oxidation sites excluding steroid dienone is 4. The quantitative estimate of drug-likeness (QED) is 0.0435. The van der Waals surface area contributed by atoms with Crippen LogP contribution in [0, 0.1) is 19.8 Å². The summed E-state index contributed by atoms with van der Waals surface area (Å²) in [5, 5.41) is 12.3. The van der Waals surface area contributed by atoms with Gasteiger partial charge in [-0.2, -0.15) is 0 Å². The molecule has 70 heavy (non-hydrogen) atoms. The summed E-state index contributed by atoms with van der Waals surface area (Å²) in [6, 6.07) is 30.1. The van der Waals surface area contributed by atoms with E-state index in [1.807, 2.05) is 110 Å². The average Bonchev–Trinajstić information content (AvgIpc) is 4.11. The smallest absolute Gasteiger partial charge is 0.332 e. The van der Waals surface area contributed by atoms with Gasteiger partial charge in [0, 0.05) is 35.8 Å². The molecule has 1 aliphatic heterocycles. The third-order valence-electron chi connectivity index (χ3n) is 11.1. The number of ether oxygens (including phenoxy) is 4. The van der Waals surface area contributed by atoms with Crippen LogP contribution in [0.2, 0.25) is 0 Å². The normalized spacial score (nSPS) is 14.0. The first-order chi connectivity index (χ1) is 34.1. The Balaban J connectivity index is 0.724. The highest BCUT2D eigenvalue weighted by Crippen LogP contribution is 2.37. The number of likely N-dealkylation sites (N-methyl/N-ethyl adjacent to an activating group) is 1. The van der Waals surface area contributed by atoms with Gasteiger partial charge in [-0.1, -0.05) is 96.3 Å². The average molecular weight is 978 g/mol. The number of carbonyl (C=O) groups is 4. The maximum atomic E-state index is 13.8. The van der Waals surface area contributed by atoms with E-state index in [0.717, 1.165) is 44.4 Å². The molecule has 6 aromatic rings. The van der Waals surface area contributed by atoms with Crippen molar-refractivity contribution >= 4 is 73.7 Å². The van der Waals surface area contributed by atoms with E-state index in [1.165, 1.54) is 27.6 Å². The van der Waals surface area contributed by atoms with Crippen LogP contribution in [-0.2, 0) is 35.2 Å². The van der Waals surface area contributed by atoms with Gasteiger partial charge >= 0.3 is 5.97 Å². The summed E-state index contributed by atoms with van der Waals surface area (Å²) < 4.78 is 22.6. The molecule has 3 heterocycles. The Morgan fingerprint density at radius 1 is 0.814 bits per heavy atom. The number of aryl methyl sites for hydroxylation is 2. The number of hydrogen-bond acceptors (Lipinski definition) is 14. The lowest BCUT2D eigenvalue weighted by molar-refractivity contribution is -0.150. The van der Waals surface area contributed by atoms with E-state index in [2.05, 4.69) is 25.9 Å². The molecule has 1 aliphatic carbocycles. The molecule has 15 nitrogen and oxygen atoms in total. The number of thiazole rings is 2. The second-order valence-electron chi connectivity index (χ2n) is 16.3.